The number of hydrogen-bond donors (Lipinski definition) is 1. The van der Waals surface area contributed by atoms with Gasteiger partial charge in [-0.2, -0.15) is 0 Å². The first-order chi connectivity index (χ1) is 8.76. The lowest BCUT2D eigenvalue weighted by atomic mass is 9.88. The van der Waals surface area contributed by atoms with E-state index in [1.165, 1.54) is 11.1 Å². The number of ether oxygens (including phenoxy) is 2. The summed E-state index contributed by atoms with van der Waals surface area (Å²) in [5, 5.41) is 0. The Morgan fingerprint density at radius 1 is 1.22 bits per heavy atom. The van der Waals surface area contributed by atoms with Crippen LogP contribution in [0.15, 0.2) is 24.3 Å². The van der Waals surface area contributed by atoms with Crippen molar-refractivity contribution in [3.8, 4) is 0 Å². The van der Waals surface area contributed by atoms with Crippen LogP contribution < -0.4 is 5.73 Å². The molecule has 1 unspecified atom stereocenters. The van der Waals surface area contributed by atoms with Crippen LogP contribution in [0.4, 0.5) is 0 Å². The Morgan fingerprint density at radius 2 is 2.06 bits per heavy atom. The molecule has 3 heteroatoms. The fourth-order valence-electron chi connectivity index (χ4n) is 2.71. The second-order valence-corrected chi connectivity index (χ2v) is 5.02. The smallest absolute Gasteiger partial charge is 0.0700 e. The van der Waals surface area contributed by atoms with Gasteiger partial charge in [0.2, 0.25) is 0 Å². The van der Waals surface area contributed by atoms with Gasteiger partial charge < -0.3 is 15.2 Å². The van der Waals surface area contributed by atoms with E-state index in [1.807, 2.05) is 0 Å². The Balaban J connectivity index is 1.79. The van der Waals surface area contributed by atoms with Crippen LogP contribution in [0.3, 0.4) is 0 Å². The van der Waals surface area contributed by atoms with Gasteiger partial charge in [0.05, 0.1) is 13.2 Å². The van der Waals surface area contributed by atoms with Crippen molar-refractivity contribution < 1.29 is 9.47 Å². The molecule has 0 saturated carbocycles. The molecular weight excluding hydrogens is 226 g/mol. The summed E-state index contributed by atoms with van der Waals surface area (Å²) in [6.45, 7) is 2.10. The third-order valence-electron chi connectivity index (χ3n) is 3.74. The summed E-state index contributed by atoms with van der Waals surface area (Å²) in [4.78, 5) is 0. The highest BCUT2D eigenvalue weighted by Gasteiger charge is 2.33. The molecular formula is C15H23NO2. The Kier molecular flexibility index (Phi) is 4.75. The Labute approximate surface area is 109 Å². The molecule has 0 spiro atoms. The van der Waals surface area contributed by atoms with Gasteiger partial charge in [0.25, 0.3) is 0 Å². The monoisotopic (exact) mass is 249 g/mol. The van der Waals surface area contributed by atoms with E-state index in [0.717, 1.165) is 32.3 Å². The number of benzene rings is 1. The molecule has 1 atom stereocenters. The minimum Gasteiger partial charge on any atom is -0.382 e. The number of hydrogen-bond acceptors (Lipinski definition) is 3. The highest BCUT2D eigenvalue weighted by molar-refractivity contribution is 5.38. The lowest BCUT2D eigenvalue weighted by Gasteiger charge is -2.25. The Bertz CT molecular complexity index is 381. The molecule has 1 aliphatic carbocycles. The SMILES string of the molecule is COCCOCCCC1(N)CCc2ccccc21. The molecule has 0 saturated heterocycles. The summed E-state index contributed by atoms with van der Waals surface area (Å²) in [6, 6.07) is 8.55. The molecule has 0 bridgehead atoms. The van der Waals surface area contributed by atoms with Gasteiger partial charge in [-0.3, -0.25) is 0 Å². The van der Waals surface area contributed by atoms with Crippen molar-refractivity contribution in [3.63, 3.8) is 0 Å². The number of aryl methyl sites for hydroxylation is 1. The van der Waals surface area contributed by atoms with E-state index in [2.05, 4.69) is 24.3 Å². The van der Waals surface area contributed by atoms with Gasteiger partial charge in [-0.15, -0.1) is 0 Å². The molecule has 1 aliphatic rings. The lowest BCUT2D eigenvalue weighted by Crippen LogP contribution is -2.34. The van der Waals surface area contributed by atoms with Crippen molar-refractivity contribution >= 4 is 0 Å². The van der Waals surface area contributed by atoms with Crippen molar-refractivity contribution in [1.82, 2.24) is 0 Å². The molecule has 0 aliphatic heterocycles. The van der Waals surface area contributed by atoms with Crippen LogP contribution in [-0.4, -0.2) is 26.9 Å². The number of fused-ring (bicyclic) bond motifs is 1. The molecule has 2 N–H and O–H groups in total. The van der Waals surface area contributed by atoms with Crippen molar-refractivity contribution in [2.75, 3.05) is 26.9 Å². The van der Waals surface area contributed by atoms with E-state index in [4.69, 9.17) is 15.2 Å². The third kappa shape index (κ3) is 3.10. The minimum atomic E-state index is -0.138. The van der Waals surface area contributed by atoms with Crippen LogP contribution in [0, 0.1) is 0 Å². The molecule has 0 fully saturated rings. The van der Waals surface area contributed by atoms with Gasteiger partial charge >= 0.3 is 0 Å². The van der Waals surface area contributed by atoms with Crippen LogP contribution in [0.5, 0.6) is 0 Å². The van der Waals surface area contributed by atoms with E-state index in [1.54, 1.807) is 7.11 Å². The quantitative estimate of drug-likeness (QED) is 0.754. The summed E-state index contributed by atoms with van der Waals surface area (Å²) in [7, 11) is 1.69. The summed E-state index contributed by atoms with van der Waals surface area (Å²) in [6.07, 6.45) is 4.17. The zero-order chi connectivity index (χ0) is 12.8. The molecule has 0 radical (unpaired) electrons. The normalized spacial score (nSPS) is 22.1. The van der Waals surface area contributed by atoms with E-state index in [-0.39, 0.29) is 5.54 Å². The van der Waals surface area contributed by atoms with Crippen LogP contribution in [0.25, 0.3) is 0 Å². The first kappa shape index (κ1) is 13.5. The molecule has 0 heterocycles. The van der Waals surface area contributed by atoms with Crippen molar-refractivity contribution in [1.29, 1.82) is 0 Å². The standard InChI is InChI=1S/C15H23NO2/c1-17-11-12-18-10-4-8-15(16)9-7-13-5-2-3-6-14(13)15/h2-3,5-6H,4,7-12,16H2,1H3. The summed E-state index contributed by atoms with van der Waals surface area (Å²) in [5.41, 5.74) is 9.15. The lowest BCUT2D eigenvalue weighted by molar-refractivity contribution is 0.0664. The van der Waals surface area contributed by atoms with Gasteiger partial charge in [-0.25, -0.2) is 0 Å². The summed E-state index contributed by atoms with van der Waals surface area (Å²) < 4.78 is 10.4. The van der Waals surface area contributed by atoms with Gasteiger partial charge in [-0.1, -0.05) is 24.3 Å². The maximum atomic E-state index is 6.53. The average Bonchev–Trinajstić information content (AvgIpc) is 2.73. The Hall–Kier alpha value is -0.900. The summed E-state index contributed by atoms with van der Waals surface area (Å²) in [5.74, 6) is 0. The molecule has 2 rings (SSSR count). The van der Waals surface area contributed by atoms with Gasteiger partial charge in [0.15, 0.2) is 0 Å². The molecule has 0 amide bonds. The van der Waals surface area contributed by atoms with Crippen LogP contribution in [0.1, 0.15) is 30.4 Å². The largest absolute Gasteiger partial charge is 0.382 e. The number of rotatable bonds is 7. The number of nitrogens with two attached hydrogens (primary N) is 1. The Morgan fingerprint density at radius 3 is 2.89 bits per heavy atom. The van der Waals surface area contributed by atoms with Gasteiger partial charge in [-0.05, 0) is 36.8 Å². The molecule has 1 aromatic rings. The van der Waals surface area contributed by atoms with E-state index in [0.29, 0.717) is 13.2 Å². The zero-order valence-corrected chi connectivity index (χ0v) is 11.2. The third-order valence-corrected chi connectivity index (χ3v) is 3.74. The zero-order valence-electron chi connectivity index (χ0n) is 11.2. The average molecular weight is 249 g/mol. The van der Waals surface area contributed by atoms with Crippen molar-refractivity contribution in [2.45, 2.75) is 31.2 Å². The molecule has 1 aromatic carbocycles. The first-order valence-corrected chi connectivity index (χ1v) is 6.70. The predicted octanol–water partition coefficient (Wildman–Crippen LogP) is 2.23. The highest BCUT2D eigenvalue weighted by atomic mass is 16.5. The molecule has 18 heavy (non-hydrogen) atoms. The maximum Gasteiger partial charge on any atom is 0.0700 e. The van der Waals surface area contributed by atoms with E-state index >= 15 is 0 Å². The van der Waals surface area contributed by atoms with E-state index < -0.39 is 0 Å². The van der Waals surface area contributed by atoms with Crippen molar-refractivity contribution in [3.05, 3.63) is 35.4 Å². The fraction of sp³-hybridized carbons (Fsp3) is 0.600. The number of methoxy groups -OCH3 is 1. The van der Waals surface area contributed by atoms with Crippen LogP contribution in [0.2, 0.25) is 0 Å². The topological polar surface area (TPSA) is 44.5 Å². The van der Waals surface area contributed by atoms with Crippen LogP contribution in [-0.2, 0) is 21.4 Å². The second-order valence-electron chi connectivity index (χ2n) is 5.02. The molecule has 0 aromatic heterocycles. The first-order valence-electron chi connectivity index (χ1n) is 6.70. The van der Waals surface area contributed by atoms with Crippen LogP contribution >= 0.6 is 0 Å². The maximum absolute atomic E-state index is 6.53. The van der Waals surface area contributed by atoms with E-state index in [9.17, 15) is 0 Å². The summed E-state index contributed by atoms with van der Waals surface area (Å²) >= 11 is 0. The predicted molar refractivity (Wildman–Crippen MR) is 72.6 cm³/mol. The highest BCUT2D eigenvalue weighted by Crippen LogP contribution is 2.37. The fourth-order valence-corrected chi connectivity index (χ4v) is 2.71. The minimum absolute atomic E-state index is 0.138. The second kappa shape index (κ2) is 6.32. The van der Waals surface area contributed by atoms with Crippen molar-refractivity contribution in [2.24, 2.45) is 5.73 Å². The molecule has 3 nitrogen and oxygen atoms in total. The molecule has 100 valence electrons. The van der Waals surface area contributed by atoms with Gasteiger partial charge in [0, 0.05) is 19.3 Å². The van der Waals surface area contributed by atoms with Gasteiger partial charge in [0.1, 0.15) is 0 Å².